The van der Waals surface area contributed by atoms with Gasteiger partial charge in [0.2, 0.25) is 0 Å². The van der Waals surface area contributed by atoms with E-state index in [1.807, 2.05) is 50.2 Å². The summed E-state index contributed by atoms with van der Waals surface area (Å²) in [7, 11) is 0. The Kier molecular flexibility index (Phi) is 17.1. The molecule has 1 N–H and O–H groups in total. The molecule has 3 nitrogen and oxygen atoms in total. The molecular weight excluding hydrogens is 1010 g/mol. The van der Waals surface area contributed by atoms with Gasteiger partial charge in [-0.05, 0) is 149 Å². The van der Waals surface area contributed by atoms with E-state index in [9.17, 15) is 0 Å². The second-order valence-electron chi connectivity index (χ2n) is 23.8. The van der Waals surface area contributed by atoms with Crippen molar-refractivity contribution in [3.63, 3.8) is 0 Å². The van der Waals surface area contributed by atoms with Crippen LogP contribution in [-0.4, -0.2) is 11.1 Å². The van der Waals surface area contributed by atoms with Crippen LogP contribution in [0.3, 0.4) is 0 Å². The zero-order chi connectivity index (χ0) is 59.3. The van der Waals surface area contributed by atoms with E-state index in [0.717, 1.165) is 49.3 Å². The highest BCUT2D eigenvalue weighted by atomic mass is 15.2. The first kappa shape index (κ1) is 58.4. The fraction of sp³-hybridized carbons (Fsp3) is 0.235. The Hall–Kier alpha value is -8.84. The van der Waals surface area contributed by atoms with E-state index in [-0.39, 0.29) is 16.2 Å². The lowest BCUT2D eigenvalue weighted by atomic mass is 9.78. The molecule has 0 amide bonds. The first-order valence-corrected chi connectivity index (χ1v) is 30.3. The Bertz CT molecular complexity index is 3940. The smallest absolute Gasteiger partial charge is 0.0497 e. The molecule has 2 aliphatic heterocycles. The van der Waals surface area contributed by atoms with Gasteiger partial charge in [0.1, 0.15) is 0 Å². The van der Waals surface area contributed by atoms with E-state index in [0.29, 0.717) is 0 Å². The van der Waals surface area contributed by atoms with Crippen molar-refractivity contribution in [1.82, 2.24) is 9.88 Å². The maximum atomic E-state index is 5.04. The molecule has 3 heteroatoms. The first-order chi connectivity index (χ1) is 40.7. The van der Waals surface area contributed by atoms with Crippen LogP contribution in [-0.2, 0) is 22.7 Å². The molecule has 0 saturated carbocycles. The van der Waals surface area contributed by atoms with Gasteiger partial charge >= 0.3 is 0 Å². The van der Waals surface area contributed by atoms with Crippen LogP contribution in [0.4, 0.5) is 11.4 Å². The molecule has 14 rings (SSSR count). The summed E-state index contributed by atoms with van der Waals surface area (Å²) < 4.78 is 2.56. The predicted octanol–water partition coefficient (Wildman–Crippen LogP) is 20.9. The number of anilines is 2. The zero-order valence-electron chi connectivity index (χ0n) is 51.5. The lowest BCUT2D eigenvalue weighted by molar-refractivity contribution is 0.607. The van der Waals surface area contributed by atoms with Crippen LogP contribution in [0.5, 0.6) is 0 Å². The summed E-state index contributed by atoms with van der Waals surface area (Å²) in [6.07, 6.45) is 26.4. The molecule has 0 atom stereocenters. The van der Waals surface area contributed by atoms with Crippen LogP contribution >= 0.6 is 0 Å². The minimum Gasteiger partial charge on any atom is -0.381 e. The monoisotopic (exact) mass is 1100 g/mol. The molecular formula is C81H83N3. The third-order valence-corrected chi connectivity index (χ3v) is 17.9. The molecule has 0 fully saturated rings. The summed E-state index contributed by atoms with van der Waals surface area (Å²) in [6.45, 7) is 30.0. The van der Waals surface area contributed by atoms with Gasteiger partial charge < -0.3 is 14.8 Å². The fourth-order valence-electron chi connectivity index (χ4n) is 13.9. The number of rotatable bonds is 3. The van der Waals surface area contributed by atoms with Crippen molar-refractivity contribution < 1.29 is 0 Å². The second-order valence-corrected chi connectivity index (χ2v) is 23.8. The molecule has 0 spiro atoms. The number of allylic oxidation sites excluding steroid dienone is 9. The largest absolute Gasteiger partial charge is 0.381 e. The number of nitrogens with zero attached hydrogens (tertiary/aromatic N) is 2. The van der Waals surface area contributed by atoms with Crippen LogP contribution in [0.1, 0.15) is 150 Å². The summed E-state index contributed by atoms with van der Waals surface area (Å²) in [4.78, 5) is 2.46. The Morgan fingerprint density at radius 1 is 0.595 bits per heavy atom. The Labute approximate surface area is 502 Å². The number of terminal acetylenes is 1. The molecule has 4 aliphatic carbocycles. The fourth-order valence-corrected chi connectivity index (χ4v) is 13.9. The number of para-hydroxylation sites is 1. The molecule has 3 heterocycles. The third-order valence-electron chi connectivity index (χ3n) is 17.9. The molecule has 0 saturated heterocycles. The lowest BCUT2D eigenvalue weighted by Crippen LogP contribution is -2.23. The molecule has 7 aromatic carbocycles. The number of nitrogens with one attached hydrogen (secondary N) is 1. The van der Waals surface area contributed by atoms with E-state index < -0.39 is 0 Å². The van der Waals surface area contributed by atoms with Gasteiger partial charge in [-0.15, -0.1) is 12.3 Å². The van der Waals surface area contributed by atoms with E-state index in [4.69, 9.17) is 6.58 Å². The van der Waals surface area contributed by atoms with Gasteiger partial charge in [0.25, 0.3) is 0 Å². The summed E-state index contributed by atoms with van der Waals surface area (Å²) in [5, 5.41) is 3.99. The van der Waals surface area contributed by atoms with Crippen molar-refractivity contribution >= 4 is 28.7 Å². The molecule has 1 aromatic heterocycles. The topological polar surface area (TPSA) is 20.2 Å². The van der Waals surface area contributed by atoms with E-state index in [1.165, 1.54) is 106 Å². The maximum absolute atomic E-state index is 5.04. The number of fused-ring (bicyclic) bond motifs is 11. The third kappa shape index (κ3) is 10.4. The van der Waals surface area contributed by atoms with Crippen LogP contribution in [0.25, 0.3) is 45.3 Å². The van der Waals surface area contributed by atoms with E-state index >= 15 is 0 Å². The maximum Gasteiger partial charge on any atom is 0.0497 e. The molecule has 0 bridgehead atoms. The second kappa shape index (κ2) is 24.5. The minimum absolute atomic E-state index is 0.0371. The molecule has 84 heavy (non-hydrogen) atoms. The van der Waals surface area contributed by atoms with Crippen molar-refractivity contribution in [2.75, 3.05) is 11.4 Å². The quantitative estimate of drug-likeness (QED) is 0.178. The standard InChI is InChI=1S/C55H53N3.C15H14.C6H6.C3H4.C2H6/c1-8-19-49-35(2)52-51(58(49)39-28-30-44-42-23-14-16-25-46(42)55(6,7)48(44)34-39)32-37-20-12-17-26-50(37)57(36(3)40-21-11-9-10-18-31-56-53(40)52)38-27-29-43-41-22-13-15-24-45(41)54(4,5)47(43)33-38;1-15(2)13-9-5-3-7-11(13)12-8-4-6-10-14(12)15;1-2-4-6-5-3-1;1-3-2;1-2/h8-14,16-20,22-23,25-30,33-34,56H,3,15,21,24,31-32H2,1-2,4-7H3;3-10H,1-2H3;1-6H;1H,2H3;1-2H3/b11-9-,18-10-,19-8-,53-40+;;;;. The Morgan fingerprint density at radius 3 is 1.73 bits per heavy atom. The molecule has 0 radical (unpaired) electrons. The van der Waals surface area contributed by atoms with Gasteiger partial charge in [0.05, 0.1) is 0 Å². The van der Waals surface area contributed by atoms with Gasteiger partial charge in [-0.25, -0.2) is 0 Å². The summed E-state index contributed by atoms with van der Waals surface area (Å²) in [6, 6.07) is 61.8. The minimum atomic E-state index is -0.106. The van der Waals surface area contributed by atoms with Gasteiger partial charge in [0, 0.05) is 80.2 Å². The van der Waals surface area contributed by atoms with Crippen molar-refractivity contribution in [1.29, 1.82) is 0 Å². The van der Waals surface area contributed by atoms with Crippen LogP contribution in [0.15, 0.2) is 236 Å². The van der Waals surface area contributed by atoms with Crippen LogP contribution in [0.2, 0.25) is 0 Å². The van der Waals surface area contributed by atoms with Gasteiger partial charge in [-0.3, -0.25) is 0 Å². The van der Waals surface area contributed by atoms with Gasteiger partial charge in [0.15, 0.2) is 0 Å². The van der Waals surface area contributed by atoms with E-state index in [2.05, 4.69) is 265 Å². The number of aromatic nitrogens is 1. The average Bonchev–Trinajstić information content (AvgIpc) is 2.27. The highest BCUT2D eigenvalue weighted by Gasteiger charge is 2.40. The van der Waals surface area contributed by atoms with Crippen molar-refractivity contribution in [3.8, 4) is 40.3 Å². The van der Waals surface area contributed by atoms with Crippen molar-refractivity contribution in [3.05, 3.63) is 297 Å². The molecule has 6 aliphatic rings. The first-order valence-electron chi connectivity index (χ1n) is 30.3. The molecule has 0 unspecified atom stereocenters. The van der Waals surface area contributed by atoms with Crippen LogP contribution in [0, 0.1) is 19.3 Å². The van der Waals surface area contributed by atoms with Crippen molar-refractivity contribution in [2.45, 2.75) is 118 Å². The molecule has 8 aromatic rings. The predicted molar refractivity (Wildman–Crippen MR) is 362 cm³/mol. The highest BCUT2D eigenvalue weighted by molar-refractivity contribution is 5.91. The van der Waals surface area contributed by atoms with Gasteiger partial charge in [-0.2, -0.15) is 0 Å². The zero-order valence-corrected chi connectivity index (χ0v) is 51.5. The van der Waals surface area contributed by atoms with Crippen LogP contribution < -0.4 is 10.2 Å². The number of benzene rings is 7. The summed E-state index contributed by atoms with van der Waals surface area (Å²) >= 11 is 0. The van der Waals surface area contributed by atoms with Gasteiger partial charge in [-0.1, -0.05) is 250 Å². The number of hydrogen-bond acceptors (Lipinski definition) is 2. The Morgan fingerprint density at radius 2 is 1.11 bits per heavy atom. The average molecular weight is 1100 g/mol. The summed E-state index contributed by atoms with van der Waals surface area (Å²) in [5.74, 6) is 2.25. The molecule has 422 valence electrons. The highest BCUT2D eigenvalue weighted by Crippen LogP contribution is 2.54. The number of hydrogen-bond donors (Lipinski definition) is 1. The Balaban J connectivity index is 0.000000248. The van der Waals surface area contributed by atoms with E-state index in [1.54, 1.807) is 12.5 Å². The normalized spacial score (nSPS) is 18.0. The SMILES string of the molecule is C#CC.C=C1/C2=C(/NC/C=C\C=C/C2)c2c(C)c(/C=C\C)n(-c3ccc4c(c3)C(C)(C)c3ccccc3-4)c2Cc2ccccc2N1c1ccc2c(c1)C(C)(C)C1=C2C=CCC1.CC.CC1(C)c2ccccc2-c2ccccc21.c1ccccc1. The lowest BCUT2D eigenvalue weighted by Gasteiger charge is -2.32. The van der Waals surface area contributed by atoms with Crippen molar-refractivity contribution in [2.24, 2.45) is 0 Å². The summed E-state index contributed by atoms with van der Waals surface area (Å²) in [5.41, 5.74) is 30.1.